The molecule has 2 amide bonds. The molecule has 1 aromatic heterocycles. The summed E-state index contributed by atoms with van der Waals surface area (Å²) in [6.07, 6.45) is 6.35. The van der Waals surface area contributed by atoms with E-state index in [0.29, 0.717) is 12.6 Å². The summed E-state index contributed by atoms with van der Waals surface area (Å²) in [5, 5.41) is 9.68. The predicted octanol–water partition coefficient (Wildman–Crippen LogP) is 1.77. The number of pyridine rings is 1. The van der Waals surface area contributed by atoms with Crippen molar-refractivity contribution in [2.75, 3.05) is 38.5 Å². The zero-order valence-corrected chi connectivity index (χ0v) is 14.6. The van der Waals surface area contributed by atoms with Gasteiger partial charge in [0.25, 0.3) is 0 Å². The first kappa shape index (κ1) is 17.0. The van der Waals surface area contributed by atoms with Crippen LogP contribution in [0.2, 0.25) is 0 Å². The molecule has 24 heavy (non-hydrogen) atoms. The number of hydrogen-bond donors (Lipinski definition) is 3. The number of likely N-dealkylation sites (N-methyl/N-ethyl adjacent to an activating group) is 1. The van der Waals surface area contributed by atoms with E-state index in [-0.39, 0.29) is 6.03 Å². The van der Waals surface area contributed by atoms with Crippen LogP contribution in [0.15, 0.2) is 12.1 Å². The lowest BCUT2D eigenvalue weighted by Crippen LogP contribution is -2.50. The van der Waals surface area contributed by atoms with Crippen molar-refractivity contribution < 1.29 is 4.79 Å². The Morgan fingerprint density at radius 1 is 1.42 bits per heavy atom. The highest BCUT2D eigenvalue weighted by molar-refractivity contribution is 5.74. The topological polar surface area (TPSA) is 69.3 Å². The molecule has 0 aliphatic carbocycles. The van der Waals surface area contributed by atoms with Crippen LogP contribution in [0.1, 0.15) is 36.9 Å². The number of anilines is 1. The molecule has 6 heteroatoms. The van der Waals surface area contributed by atoms with Crippen LogP contribution >= 0.6 is 0 Å². The lowest BCUT2D eigenvalue weighted by molar-refractivity contribution is 0.175. The molecule has 2 aliphatic heterocycles. The molecule has 0 spiro atoms. The van der Waals surface area contributed by atoms with Gasteiger partial charge in [0.1, 0.15) is 5.82 Å². The maximum atomic E-state index is 12.2. The van der Waals surface area contributed by atoms with Gasteiger partial charge in [-0.15, -0.1) is 0 Å². The Labute approximate surface area is 144 Å². The monoisotopic (exact) mass is 331 g/mol. The molecule has 1 unspecified atom stereocenters. The van der Waals surface area contributed by atoms with Crippen LogP contribution in [-0.2, 0) is 12.8 Å². The number of carbonyl (C=O) groups excluding carboxylic acids is 1. The number of piperidine rings is 1. The fourth-order valence-corrected chi connectivity index (χ4v) is 3.48. The molecule has 0 radical (unpaired) electrons. The minimum atomic E-state index is 0.0648. The van der Waals surface area contributed by atoms with E-state index in [1.807, 2.05) is 11.9 Å². The largest absolute Gasteiger partial charge is 0.370 e. The van der Waals surface area contributed by atoms with E-state index in [0.717, 1.165) is 63.3 Å². The van der Waals surface area contributed by atoms with Crippen LogP contribution < -0.4 is 16.0 Å². The maximum Gasteiger partial charge on any atom is 0.317 e. The second-order valence-corrected chi connectivity index (χ2v) is 6.75. The molecule has 1 fully saturated rings. The van der Waals surface area contributed by atoms with E-state index in [4.69, 9.17) is 4.98 Å². The van der Waals surface area contributed by atoms with Gasteiger partial charge in [0.2, 0.25) is 0 Å². The molecule has 1 aromatic rings. The van der Waals surface area contributed by atoms with Crippen LogP contribution in [0.5, 0.6) is 0 Å². The maximum absolute atomic E-state index is 12.2. The van der Waals surface area contributed by atoms with Crippen LogP contribution in [0.3, 0.4) is 0 Å². The molecule has 2 aliphatic rings. The number of fused-ring (bicyclic) bond motifs is 1. The number of nitrogens with one attached hydrogen (secondary N) is 3. The summed E-state index contributed by atoms with van der Waals surface area (Å²) in [6.45, 7) is 3.39. The van der Waals surface area contributed by atoms with Gasteiger partial charge in [-0.3, -0.25) is 0 Å². The zero-order chi connectivity index (χ0) is 16.8. The lowest BCUT2D eigenvalue weighted by atomic mass is 10.1. The third-order valence-corrected chi connectivity index (χ3v) is 4.95. The molecule has 1 atom stereocenters. The van der Waals surface area contributed by atoms with Gasteiger partial charge < -0.3 is 20.9 Å². The molecular formula is C18H29N5O. The van der Waals surface area contributed by atoms with Crippen molar-refractivity contribution in [3.05, 3.63) is 23.4 Å². The lowest BCUT2D eigenvalue weighted by Gasteiger charge is -2.32. The van der Waals surface area contributed by atoms with Gasteiger partial charge in [-0.2, -0.15) is 0 Å². The van der Waals surface area contributed by atoms with E-state index in [1.165, 1.54) is 12.0 Å². The Balaban J connectivity index is 1.39. The Hall–Kier alpha value is -1.82. The molecule has 3 rings (SSSR count). The predicted molar refractivity (Wildman–Crippen MR) is 96.4 cm³/mol. The van der Waals surface area contributed by atoms with Crippen LogP contribution in [-0.4, -0.2) is 55.2 Å². The second-order valence-electron chi connectivity index (χ2n) is 6.75. The molecular weight excluding hydrogens is 302 g/mol. The first-order valence-electron chi connectivity index (χ1n) is 9.19. The highest BCUT2D eigenvalue weighted by atomic mass is 16.2. The molecule has 3 N–H and O–H groups in total. The number of carbonyl (C=O) groups is 1. The molecule has 0 bridgehead atoms. The summed E-state index contributed by atoms with van der Waals surface area (Å²) in [5.74, 6) is 1.05. The smallest absolute Gasteiger partial charge is 0.317 e. The summed E-state index contributed by atoms with van der Waals surface area (Å²) >= 11 is 0. The third kappa shape index (κ3) is 4.38. The van der Waals surface area contributed by atoms with E-state index >= 15 is 0 Å². The molecule has 0 aromatic carbocycles. The molecule has 132 valence electrons. The summed E-state index contributed by atoms with van der Waals surface area (Å²) in [4.78, 5) is 18.8. The minimum Gasteiger partial charge on any atom is -0.370 e. The van der Waals surface area contributed by atoms with Gasteiger partial charge in [0.05, 0.1) is 0 Å². The van der Waals surface area contributed by atoms with Crippen molar-refractivity contribution >= 4 is 11.8 Å². The van der Waals surface area contributed by atoms with E-state index in [1.54, 1.807) is 0 Å². The first-order valence-corrected chi connectivity index (χ1v) is 9.19. The number of likely N-dealkylation sites (tertiary alicyclic amines) is 1. The summed E-state index contributed by atoms with van der Waals surface area (Å²) < 4.78 is 0. The summed E-state index contributed by atoms with van der Waals surface area (Å²) in [5.41, 5.74) is 2.42. The quantitative estimate of drug-likeness (QED) is 0.719. The van der Waals surface area contributed by atoms with Crippen LogP contribution in [0, 0.1) is 0 Å². The van der Waals surface area contributed by atoms with E-state index in [9.17, 15) is 4.79 Å². The Bertz CT molecular complexity index is 562. The fourth-order valence-electron chi connectivity index (χ4n) is 3.48. The number of aryl methyl sites for hydroxylation is 2. The van der Waals surface area contributed by atoms with Crippen molar-refractivity contribution in [3.8, 4) is 0 Å². The van der Waals surface area contributed by atoms with Crippen molar-refractivity contribution in [3.63, 3.8) is 0 Å². The van der Waals surface area contributed by atoms with E-state index in [2.05, 4.69) is 28.1 Å². The SMILES string of the molecule is CNC1CCCN(C(=O)NCCCc2ccc3c(n2)NCCC3)C1. The summed E-state index contributed by atoms with van der Waals surface area (Å²) in [6, 6.07) is 4.80. The highest BCUT2D eigenvalue weighted by Gasteiger charge is 2.22. The third-order valence-electron chi connectivity index (χ3n) is 4.95. The summed E-state index contributed by atoms with van der Waals surface area (Å²) in [7, 11) is 1.96. The van der Waals surface area contributed by atoms with Gasteiger partial charge in [-0.1, -0.05) is 6.07 Å². The highest BCUT2D eigenvalue weighted by Crippen LogP contribution is 2.20. The van der Waals surface area contributed by atoms with Gasteiger partial charge in [-0.25, -0.2) is 9.78 Å². The van der Waals surface area contributed by atoms with Gasteiger partial charge in [0.15, 0.2) is 0 Å². The van der Waals surface area contributed by atoms with Crippen molar-refractivity contribution in [1.82, 2.24) is 20.5 Å². The molecule has 1 saturated heterocycles. The number of hydrogen-bond acceptors (Lipinski definition) is 4. The standard InChI is InChI=1S/C18H29N5O/c1-19-16-7-4-12-23(13-16)18(24)21-11-3-6-15-9-8-14-5-2-10-20-17(14)22-15/h8-9,16,19H,2-7,10-13H2,1H3,(H,20,22)(H,21,24). The molecule has 3 heterocycles. The van der Waals surface area contributed by atoms with Crippen molar-refractivity contribution in [2.45, 2.75) is 44.6 Å². The Kier molecular flexibility index (Phi) is 5.91. The Morgan fingerprint density at radius 3 is 3.21 bits per heavy atom. The number of urea groups is 1. The Morgan fingerprint density at radius 2 is 2.33 bits per heavy atom. The molecule has 6 nitrogen and oxygen atoms in total. The second kappa shape index (κ2) is 8.33. The average Bonchev–Trinajstić information content (AvgIpc) is 2.65. The van der Waals surface area contributed by atoms with Gasteiger partial charge >= 0.3 is 6.03 Å². The number of aromatic nitrogens is 1. The van der Waals surface area contributed by atoms with Gasteiger partial charge in [-0.05, 0) is 57.2 Å². The van der Waals surface area contributed by atoms with Crippen LogP contribution in [0.25, 0.3) is 0 Å². The van der Waals surface area contributed by atoms with Gasteiger partial charge in [0, 0.05) is 37.9 Å². The molecule has 0 saturated carbocycles. The van der Waals surface area contributed by atoms with Crippen molar-refractivity contribution in [2.24, 2.45) is 0 Å². The average molecular weight is 331 g/mol. The van der Waals surface area contributed by atoms with Crippen molar-refractivity contribution in [1.29, 1.82) is 0 Å². The number of nitrogens with zero attached hydrogens (tertiary/aromatic N) is 2. The van der Waals surface area contributed by atoms with Crippen LogP contribution in [0.4, 0.5) is 10.6 Å². The minimum absolute atomic E-state index is 0.0648. The normalized spacial score (nSPS) is 20.2. The first-order chi connectivity index (χ1) is 11.8. The fraction of sp³-hybridized carbons (Fsp3) is 0.667. The van der Waals surface area contributed by atoms with E-state index < -0.39 is 0 Å². The number of rotatable bonds is 5. The zero-order valence-electron chi connectivity index (χ0n) is 14.6. The number of amides is 2.